The van der Waals surface area contributed by atoms with Crippen LogP contribution in [0.5, 0.6) is 0 Å². The van der Waals surface area contributed by atoms with Gasteiger partial charge in [-0.05, 0) is 52.3 Å². The van der Waals surface area contributed by atoms with Crippen LogP contribution in [0.25, 0.3) is 0 Å². The summed E-state index contributed by atoms with van der Waals surface area (Å²) in [6.45, 7) is 0. The number of nitrogens with zero attached hydrogens (tertiary/aromatic N) is 1. The minimum absolute atomic E-state index is 0.0374. The van der Waals surface area contributed by atoms with Crippen LogP contribution in [0.1, 0.15) is 5.56 Å². The molecule has 5 heteroatoms. The van der Waals surface area contributed by atoms with Crippen molar-refractivity contribution >= 4 is 43.2 Å². The summed E-state index contributed by atoms with van der Waals surface area (Å²) in [4.78, 5) is 0. The molecule has 2 rings (SSSR count). The Morgan fingerprint density at radius 1 is 1.11 bits per heavy atom. The van der Waals surface area contributed by atoms with Crippen LogP contribution in [0, 0.1) is 17.1 Å². The Hall–Kier alpha value is -1.38. The molecule has 0 fully saturated rings. The maximum Gasteiger partial charge on any atom is 0.143 e. The number of hydrogen-bond donors (Lipinski definition) is 1. The topological polar surface area (TPSA) is 35.8 Å². The number of benzene rings is 2. The standard InChI is InChI=1S/C13H7Br2FN2/c14-9-2-4-13(11(15)5-9)18-10-3-1-8(7-17)12(16)6-10/h1-6,18H. The van der Waals surface area contributed by atoms with Gasteiger partial charge in [0.2, 0.25) is 0 Å². The van der Waals surface area contributed by atoms with E-state index in [0.717, 1.165) is 14.6 Å². The quantitative estimate of drug-likeness (QED) is 0.811. The fourth-order valence-corrected chi connectivity index (χ4v) is 2.58. The molecule has 0 spiro atoms. The normalized spacial score (nSPS) is 9.89. The van der Waals surface area contributed by atoms with Gasteiger partial charge in [0.15, 0.2) is 0 Å². The second kappa shape index (κ2) is 5.51. The van der Waals surface area contributed by atoms with Gasteiger partial charge in [-0.1, -0.05) is 15.9 Å². The minimum atomic E-state index is -0.532. The third kappa shape index (κ3) is 2.89. The van der Waals surface area contributed by atoms with Gasteiger partial charge in [0, 0.05) is 14.6 Å². The van der Waals surface area contributed by atoms with Crippen molar-refractivity contribution in [2.45, 2.75) is 0 Å². The number of hydrogen-bond acceptors (Lipinski definition) is 2. The van der Waals surface area contributed by atoms with Gasteiger partial charge < -0.3 is 5.32 Å². The molecule has 18 heavy (non-hydrogen) atoms. The summed E-state index contributed by atoms with van der Waals surface area (Å²) in [5.74, 6) is -0.532. The lowest BCUT2D eigenvalue weighted by molar-refractivity contribution is 0.624. The predicted molar refractivity (Wildman–Crippen MR) is 76.2 cm³/mol. The van der Waals surface area contributed by atoms with Crippen molar-refractivity contribution < 1.29 is 4.39 Å². The van der Waals surface area contributed by atoms with Crippen molar-refractivity contribution in [2.75, 3.05) is 5.32 Å². The van der Waals surface area contributed by atoms with Gasteiger partial charge in [0.05, 0.1) is 11.3 Å². The fourth-order valence-electron chi connectivity index (χ4n) is 1.43. The molecular formula is C13H7Br2FN2. The molecule has 90 valence electrons. The molecule has 2 nitrogen and oxygen atoms in total. The molecule has 1 N–H and O–H groups in total. The number of nitrogens with one attached hydrogen (secondary N) is 1. The van der Waals surface area contributed by atoms with Gasteiger partial charge in [-0.2, -0.15) is 5.26 Å². The summed E-state index contributed by atoms with van der Waals surface area (Å²) in [6, 6.07) is 11.8. The van der Waals surface area contributed by atoms with Crippen molar-refractivity contribution in [1.29, 1.82) is 5.26 Å². The molecular weight excluding hydrogens is 363 g/mol. The molecule has 0 aliphatic carbocycles. The van der Waals surface area contributed by atoms with Crippen LogP contribution < -0.4 is 5.32 Å². The van der Waals surface area contributed by atoms with Gasteiger partial charge in [-0.25, -0.2) is 4.39 Å². The summed E-state index contributed by atoms with van der Waals surface area (Å²) >= 11 is 6.77. The van der Waals surface area contributed by atoms with Gasteiger partial charge in [-0.15, -0.1) is 0 Å². The zero-order chi connectivity index (χ0) is 13.1. The molecule has 0 heterocycles. The average molecular weight is 370 g/mol. The van der Waals surface area contributed by atoms with E-state index in [-0.39, 0.29) is 5.56 Å². The summed E-state index contributed by atoms with van der Waals surface area (Å²) in [6.07, 6.45) is 0. The Bertz CT molecular complexity index is 635. The van der Waals surface area contributed by atoms with E-state index in [2.05, 4.69) is 37.2 Å². The van der Waals surface area contributed by atoms with Crippen molar-refractivity contribution in [1.82, 2.24) is 0 Å². The number of halogens is 3. The fraction of sp³-hybridized carbons (Fsp3) is 0. The van der Waals surface area contributed by atoms with E-state index < -0.39 is 5.82 Å². The number of anilines is 2. The zero-order valence-corrected chi connectivity index (χ0v) is 12.2. The third-order valence-electron chi connectivity index (χ3n) is 2.30. The lowest BCUT2D eigenvalue weighted by Gasteiger charge is -2.09. The molecule has 0 aliphatic heterocycles. The van der Waals surface area contributed by atoms with Crippen LogP contribution in [-0.2, 0) is 0 Å². The molecule has 0 amide bonds. The van der Waals surface area contributed by atoms with E-state index in [0.29, 0.717) is 5.69 Å². The summed E-state index contributed by atoms with van der Waals surface area (Å²) in [5, 5.41) is 11.7. The molecule has 2 aromatic rings. The summed E-state index contributed by atoms with van der Waals surface area (Å²) in [7, 11) is 0. The van der Waals surface area contributed by atoms with Crippen LogP contribution in [0.2, 0.25) is 0 Å². The highest BCUT2D eigenvalue weighted by Gasteiger charge is 2.05. The molecule has 0 radical (unpaired) electrons. The first kappa shape index (κ1) is 13.1. The van der Waals surface area contributed by atoms with Gasteiger partial charge in [0.25, 0.3) is 0 Å². The second-order valence-electron chi connectivity index (χ2n) is 3.56. The van der Waals surface area contributed by atoms with Gasteiger partial charge in [-0.3, -0.25) is 0 Å². The van der Waals surface area contributed by atoms with Crippen molar-refractivity contribution in [3.63, 3.8) is 0 Å². The minimum Gasteiger partial charge on any atom is -0.355 e. The van der Waals surface area contributed by atoms with Crippen LogP contribution in [-0.4, -0.2) is 0 Å². The van der Waals surface area contributed by atoms with E-state index in [1.54, 1.807) is 12.1 Å². The van der Waals surface area contributed by atoms with Crippen molar-refractivity contribution in [3.8, 4) is 6.07 Å². The Morgan fingerprint density at radius 2 is 1.89 bits per heavy atom. The van der Waals surface area contributed by atoms with Gasteiger partial charge in [0.1, 0.15) is 11.9 Å². The number of nitriles is 1. The van der Waals surface area contributed by atoms with Crippen LogP contribution in [0.4, 0.5) is 15.8 Å². The SMILES string of the molecule is N#Cc1ccc(Nc2ccc(Br)cc2Br)cc1F. The Labute approximate surface area is 121 Å². The highest BCUT2D eigenvalue weighted by molar-refractivity contribution is 9.11. The van der Waals surface area contributed by atoms with Crippen molar-refractivity contribution in [3.05, 3.63) is 56.7 Å². The monoisotopic (exact) mass is 368 g/mol. The molecule has 0 unspecified atom stereocenters. The largest absolute Gasteiger partial charge is 0.355 e. The molecule has 0 saturated carbocycles. The summed E-state index contributed by atoms with van der Waals surface area (Å²) < 4.78 is 15.2. The first-order valence-corrected chi connectivity index (χ1v) is 6.60. The van der Waals surface area contributed by atoms with Gasteiger partial charge >= 0.3 is 0 Å². The Balaban J connectivity index is 2.29. The molecule has 2 aromatic carbocycles. The van der Waals surface area contributed by atoms with E-state index >= 15 is 0 Å². The summed E-state index contributed by atoms with van der Waals surface area (Å²) in [5.41, 5.74) is 1.45. The molecule has 0 bridgehead atoms. The maximum absolute atomic E-state index is 13.4. The Kier molecular flexibility index (Phi) is 4.00. The van der Waals surface area contributed by atoms with E-state index in [9.17, 15) is 4.39 Å². The van der Waals surface area contributed by atoms with Crippen molar-refractivity contribution in [2.24, 2.45) is 0 Å². The molecule has 0 saturated heterocycles. The smallest absolute Gasteiger partial charge is 0.143 e. The second-order valence-corrected chi connectivity index (χ2v) is 5.33. The lowest BCUT2D eigenvalue weighted by atomic mass is 10.2. The Morgan fingerprint density at radius 3 is 2.50 bits per heavy atom. The van der Waals surface area contributed by atoms with Crippen LogP contribution in [0.3, 0.4) is 0 Å². The predicted octanol–water partition coefficient (Wildman–Crippen LogP) is 4.97. The maximum atomic E-state index is 13.4. The van der Waals surface area contributed by atoms with E-state index in [4.69, 9.17) is 5.26 Å². The first-order valence-electron chi connectivity index (χ1n) is 5.02. The van der Waals surface area contributed by atoms with E-state index in [1.807, 2.05) is 18.2 Å². The average Bonchev–Trinajstić information content (AvgIpc) is 2.33. The first-order chi connectivity index (χ1) is 8.60. The highest BCUT2D eigenvalue weighted by Crippen LogP contribution is 2.29. The molecule has 0 aromatic heterocycles. The van der Waals surface area contributed by atoms with Crippen LogP contribution >= 0.6 is 31.9 Å². The number of rotatable bonds is 2. The molecule has 0 atom stereocenters. The third-order valence-corrected chi connectivity index (χ3v) is 3.45. The van der Waals surface area contributed by atoms with E-state index in [1.165, 1.54) is 12.1 Å². The highest BCUT2D eigenvalue weighted by atomic mass is 79.9. The zero-order valence-electron chi connectivity index (χ0n) is 9.05. The lowest BCUT2D eigenvalue weighted by Crippen LogP contribution is -1.93. The molecule has 0 aliphatic rings. The van der Waals surface area contributed by atoms with Crippen LogP contribution in [0.15, 0.2) is 45.3 Å².